The number of ketones is 1. The van der Waals surface area contributed by atoms with Crippen molar-refractivity contribution in [3.63, 3.8) is 0 Å². The minimum absolute atomic E-state index is 0.225. The molecule has 11 heavy (non-hydrogen) atoms. The number of hydrazine groups is 1. The van der Waals surface area contributed by atoms with E-state index in [9.17, 15) is 9.59 Å². The van der Waals surface area contributed by atoms with Crippen LogP contribution in [0.4, 0.5) is 0 Å². The van der Waals surface area contributed by atoms with Gasteiger partial charge in [-0.15, -0.1) is 0 Å². The normalized spacial score (nSPS) is 27.3. The van der Waals surface area contributed by atoms with E-state index in [1.807, 2.05) is 0 Å². The number of hydrogen-bond acceptors (Lipinski definition) is 4. The van der Waals surface area contributed by atoms with Crippen LogP contribution in [0, 0.1) is 5.92 Å². The predicted octanol–water partition coefficient (Wildman–Crippen LogP) is -1.27. The lowest BCUT2D eigenvalue weighted by molar-refractivity contribution is -0.127. The lowest BCUT2D eigenvalue weighted by Crippen LogP contribution is -2.29. The molecule has 2 aliphatic heterocycles. The fourth-order valence-corrected chi connectivity index (χ4v) is 1.05. The van der Waals surface area contributed by atoms with E-state index in [1.165, 1.54) is 12.3 Å². The minimum Gasteiger partial charge on any atom is -0.293 e. The number of nitrogens with zero attached hydrogens (tertiary/aromatic N) is 1. The Bertz CT molecular complexity index is 292. The van der Waals surface area contributed by atoms with Gasteiger partial charge in [-0.2, -0.15) is 0 Å². The molecule has 0 aromatic heterocycles. The summed E-state index contributed by atoms with van der Waals surface area (Å²) >= 11 is 0. The highest BCUT2D eigenvalue weighted by atomic mass is 16.2. The number of nitrogens with one attached hydrogen (secondary N) is 2. The van der Waals surface area contributed by atoms with Crippen LogP contribution in [0.5, 0.6) is 0 Å². The van der Waals surface area contributed by atoms with E-state index >= 15 is 0 Å². The van der Waals surface area contributed by atoms with Crippen LogP contribution in [-0.4, -0.2) is 17.5 Å². The van der Waals surface area contributed by atoms with Gasteiger partial charge >= 0.3 is 0 Å². The fourth-order valence-electron chi connectivity index (χ4n) is 1.05. The van der Waals surface area contributed by atoms with Crippen LogP contribution >= 0.6 is 0 Å². The maximum atomic E-state index is 11.0. The molecule has 0 bridgehead atoms. The maximum absolute atomic E-state index is 11.0. The summed E-state index contributed by atoms with van der Waals surface area (Å²) in [7, 11) is 0. The lowest BCUT2D eigenvalue weighted by Gasteiger charge is -2.04. The summed E-state index contributed by atoms with van der Waals surface area (Å²) < 4.78 is 0. The Morgan fingerprint density at radius 3 is 2.91 bits per heavy atom. The molecule has 0 saturated carbocycles. The van der Waals surface area contributed by atoms with Crippen molar-refractivity contribution in [1.82, 2.24) is 10.9 Å². The van der Waals surface area contributed by atoms with Gasteiger partial charge in [0.15, 0.2) is 11.7 Å². The van der Waals surface area contributed by atoms with E-state index in [-0.39, 0.29) is 11.7 Å². The van der Waals surface area contributed by atoms with Crippen LogP contribution in [0.3, 0.4) is 0 Å². The van der Waals surface area contributed by atoms with Crippen molar-refractivity contribution in [2.75, 3.05) is 0 Å². The summed E-state index contributed by atoms with van der Waals surface area (Å²) in [5, 5.41) is 0. The molecule has 0 radical (unpaired) electrons. The van der Waals surface area contributed by atoms with Crippen molar-refractivity contribution in [3.05, 3.63) is 12.3 Å². The van der Waals surface area contributed by atoms with Gasteiger partial charge in [0.2, 0.25) is 0 Å². The van der Waals surface area contributed by atoms with Gasteiger partial charge < -0.3 is 0 Å². The molecule has 5 nitrogen and oxygen atoms in total. The Hall–Kier alpha value is -1.65. The number of aliphatic imine (C=N–C) groups is 1. The Labute approximate surface area is 62.2 Å². The number of fused-ring (bicyclic) bond motifs is 1. The monoisotopic (exact) mass is 151 g/mol. The third-order valence-corrected chi connectivity index (χ3v) is 1.59. The van der Waals surface area contributed by atoms with E-state index in [0.717, 1.165) is 0 Å². The quantitative estimate of drug-likeness (QED) is 0.424. The van der Waals surface area contributed by atoms with Gasteiger partial charge in [0.25, 0.3) is 5.91 Å². The number of hydrogen-bond donors (Lipinski definition) is 2. The van der Waals surface area contributed by atoms with Gasteiger partial charge in [0.05, 0.1) is 0 Å². The molecule has 2 heterocycles. The van der Waals surface area contributed by atoms with E-state index in [4.69, 9.17) is 0 Å². The summed E-state index contributed by atoms with van der Waals surface area (Å²) in [5.74, 6) is -0.905. The zero-order chi connectivity index (χ0) is 7.84. The summed E-state index contributed by atoms with van der Waals surface area (Å²) in [6, 6.07) is 0. The highest BCUT2D eigenvalue weighted by Gasteiger charge is 2.37. The predicted molar refractivity (Wildman–Crippen MR) is 36.4 cm³/mol. The number of amides is 1. The molecule has 1 unspecified atom stereocenters. The van der Waals surface area contributed by atoms with Crippen LogP contribution in [0.2, 0.25) is 0 Å². The molecule has 1 amide bonds. The van der Waals surface area contributed by atoms with Gasteiger partial charge in [-0.25, -0.2) is 4.99 Å². The molecule has 2 aliphatic rings. The van der Waals surface area contributed by atoms with Gasteiger partial charge in [-0.05, 0) is 0 Å². The van der Waals surface area contributed by atoms with Crippen LogP contribution in [0.1, 0.15) is 0 Å². The molecule has 0 aliphatic carbocycles. The van der Waals surface area contributed by atoms with Crippen LogP contribution in [0.25, 0.3) is 0 Å². The van der Waals surface area contributed by atoms with Gasteiger partial charge in [0, 0.05) is 12.3 Å². The topological polar surface area (TPSA) is 70.6 Å². The molecule has 1 saturated heterocycles. The lowest BCUT2D eigenvalue weighted by atomic mass is 10.0. The third kappa shape index (κ3) is 0.739. The summed E-state index contributed by atoms with van der Waals surface area (Å²) in [6.07, 6.45) is 2.67. The first-order chi connectivity index (χ1) is 5.29. The Kier molecular flexibility index (Phi) is 1.06. The molecule has 2 N–H and O–H groups in total. The van der Waals surface area contributed by atoms with Crippen LogP contribution in [-0.2, 0) is 9.59 Å². The molecular weight excluding hydrogens is 146 g/mol. The Morgan fingerprint density at radius 1 is 1.36 bits per heavy atom. The first-order valence-corrected chi connectivity index (χ1v) is 3.13. The molecule has 0 aromatic carbocycles. The third-order valence-electron chi connectivity index (χ3n) is 1.59. The van der Waals surface area contributed by atoms with E-state index < -0.39 is 5.92 Å². The van der Waals surface area contributed by atoms with E-state index in [0.29, 0.717) is 5.84 Å². The fraction of sp³-hybridized carbons (Fsp3) is 0.167. The molecule has 56 valence electrons. The largest absolute Gasteiger partial charge is 0.293 e. The van der Waals surface area contributed by atoms with E-state index in [2.05, 4.69) is 15.8 Å². The maximum Gasteiger partial charge on any atom is 0.257 e. The first-order valence-electron chi connectivity index (χ1n) is 3.13. The number of allylic oxidation sites excluding steroid dienone is 1. The summed E-state index contributed by atoms with van der Waals surface area (Å²) in [6.45, 7) is 0. The average Bonchev–Trinajstić information content (AvgIpc) is 2.34. The number of amidine groups is 1. The zero-order valence-corrected chi connectivity index (χ0v) is 5.50. The smallest absolute Gasteiger partial charge is 0.257 e. The van der Waals surface area contributed by atoms with Gasteiger partial charge in [0.1, 0.15) is 5.84 Å². The molecule has 1 atom stereocenters. The van der Waals surface area contributed by atoms with Crippen molar-refractivity contribution in [1.29, 1.82) is 0 Å². The highest BCUT2D eigenvalue weighted by Crippen LogP contribution is 2.10. The van der Waals surface area contributed by atoms with E-state index in [1.54, 1.807) is 0 Å². The molecule has 0 spiro atoms. The summed E-state index contributed by atoms with van der Waals surface area (Å²) in [4.78, 5) is 25.7. The molecule has 2 rings (SSSR count). The SMILES string of the molecule is O=C1C=CN=C2NNC(=O)C12. The van der Waals surface area contributed by atoms with Crippen molar-refractivity contribution < 1.29 is 9.59 Å². The minimum atomic E-state index is -0.736. The standard InChI is InChI=1S/C6H5N3O2/c10-3-1-2-7-5-4(3)6(11)9-8-5/h1-2,4H,(H,7,8)(H,9,11). The first kappa shape index (κ1) is 6.09. The van der Waals surface area contributed by atoms with Crippen molar-refractivity contribution in [3.8, 4) is 0 Å². The Morgan fingerprint density at radius 2 is 2.18 bits per heavy atom. The summed E-state index contributed by atoms with van der Waals surface area (Å²) in [5.41, 5.74) is 4.83. The molecule has 0 aromatic rings. The van der Waals surface area contributed by atoms with Crippen molar-refractivity contribution >= 4 is 17.5 Å². The van der Waals surface area contributed by atoms with Crippen molar-refractivity contribution in [2.24, 2.45) is 10.9 Å². The second-order valence-electron chi connectivity index (χ2n) is 2.28. The number of rotatable bonds is 0. The molecule has 5 heteroatoms. The number of carbonyl (C=O) groups excluding carboxylic acids is 2. The number of carbonyl (C=O) groups is 2. The second-order valence-corrected chi connectivity index (χ2v) is 2.28. The van der Waals surface area contributed by atoms with Gasteiger partial charge in [-0.3, -0.25) is 20.4 Å². The van der Waals surface area contributed by atoms with Crippen LogP contribution in [0.15, 0.2) is 17.3 Å². The van der Waals surface area contributed by atoms with Crippen molar-refractivity contribution in [2.45, 2.75) is 0 Å². The van der Waals surface area contributed by atoms with Gasteiger partial charge in [-0.1, -0.05) is 0 Å². The Balaban J connectivity index is 2.42. The molecular formula is C6H5N3O2. The molecule has 1 fully saturated rings. The zero-order valence-electron chi connectivity index (χ0n) is 5.50. The average molecular weight is 151 g/mol. The van der Waals surface area contributed by atoms with Crippen LogP contribution < -0.4 is 10.9 Å². The second kappa shape index (κ2) is 1.91. The highest BCUT2D eigenvalue weighted by molar-refractivity contribution is 6.26.